The number of nitrogens with one attached hydrogen (secondary N) is 1. The van der Waals surface area contributed by atoms with Crippen LogP contribution in [0, 0.1) is 22.9 Å². The first-order valence-electron chi connectivity index (χ1n) is 6.32. The molecule has 2 aromatic carbocycles. The highest BCUT2D eigenvalue weighted by atomic mass is 19.1. The second-order valence-corrected chi connectivity index (χ2v) is 4.55. The fourth-order valence-electron chi connectivity index (χ4n) is 1.94. The lowest BCUT2D eigenvalue weighted by atomic mass is 10.1. The van der Waals surface area contributed by atoms with Crippen molar-refractivity contribution in [1.29, 1.82) is 0 Å². The number of hydrogen-bond acceptors (Lipinski definition) is 4. The first kappa shape index (κ1) is 15.4. The third-order valence-corrected chi connectivity index (χ3v) is 3.08. The molecule has 6 nitrogen and oxygen atoms in total. The summed E-state index contributed by atoms with van der Waals surface area (Å²) in [6.07, 6.45) is 0. The van der Waals surface area contributed by atoms with E-state index in [9.17, 15) is 19.3 Å². The first-order valence-corrected chi connectivity index (χ1v) is 6.32. The quantitative estimate of drug-likeness (QED) is 0.694. The number of anilines is 1. The molecule has 0 heterocycles. The number of nitro groups is 1. The van der Waals surface area contributed by atoms with E-state index in [-0.39, 0.29) is 11.3 Å². The van der Waals surface area contributed by atoms with Gasteiger partial charge in [-0.05, 0) is 42.8 Å². The molecule has 1 N–H and O–H groups in total. The number of methoxy groups -OCH3 is 1. The molecule has 0 bridgehead atoms. The molecule has 0 unspecified atom stereocenters. The molecule has 0 saturated carbocycles. The molecule has 1 amide bonds. The number of halogens is 1. The van der Waals surface area contributed by atoms with Crippen LogP contribution in [0.5, 0.6) is 5.75 Å². The van der Waals surface area contributed by atoms with Crippen LogP contribution in [0.15, 0.2) is 36.4 Å². The van der Waals surface area contributed by atoms with Crippen LogP contribution in [0.25, 0.3) is 0 Å². The summed E-state index contributed by atoms with van der Waals surface area (Å²) in [5.74, 6) is -0.769. The molecule has 2 aromatic rings. The van der Waals surface area contributed by atoms with Gasteiger partial charge in [-0.25, -0.2) is 4.39 Å². The summed E-state index contributed by atoms with van der Waals surface area (Å²) in [6.45, 7) is 1.62. The Labute approximate surface area is 125 Å². The van der Waals surface area contributed by atoms with Gasteiger partial charge >= 0.3 is 0 Å². The Bertz CT molecular complexity index is 746. The molecule has 0 saturated heterocycles. The van der Waals surface area contributed by atoms with Gasteiger partial charge in [-0.3, -0.25) is 14.9 Å². The lowest BCUT2D eigenvalue weighted by molar-refractivity contribution is -0.385. The predicted octanol–water partition coefficient (Wildman–Crippen LogP) is 3.30. The standard InChI is InChI=1S/C15H13FN2O4/c1-9-7-10(16)3-5-13(9)17-15(19)12-8-11(22-2)4-6-14(12)18(20)21/h3-8H,1-2H3,(H,17,19). The van der Waals surface area contributed by atoms with E-state index in [1.165, 1.54) is 43.5 Å². The predicted molar refractivity (Wildman–Crippen MR) is 78.7 cm³/mol. The molecule has 0 spiro atoms. The lowest BCUT2D eigenvalue weighted by Crippen LogP contribution is -2.15. The fourth-order valence-corrected chi connectivity index (χ4v) is 1.94. The first-order chi connectivity index (χ1) is 10.4. The largest absolute Gasteiger partial charge is 0.497 e. The van der Waals surface area contributed by atoms with Crippen LogP contribution in [-0.2, 0) is 0 Å². The Balaban J connectivity index is 2.38. The minimum absolute atomic E-state index is 0.131. The minimum atomic E-state index is -0.666. The maximum atomic E-state index is 13.1. The van der Waals surface area contributed by atoms with Crippen LogP contribution >= 0.6 is 0 Å². The molecule has 114 valence electrons. The number of carbonyl (C=O) groups is 1. The van der Waals surface area contributed by atoms with Gasteiger partial charge in [-0.15, -0.1) is 0 Å². The molecule has 22 heavy (non-hydrogen) atoms. The molecule has 2 rings (SSSR count). The lowest BCUT2D eigenvalue weighted by Gasteiger charge is -2.09. The summed E-state index contributed by atoms with van der Waals surface area (Å²) in [7, 11) is 1.40. The van der Waals surface area contributed by atoms with Crippen LogP contribution in [0.4, 0.5) is 15.8 Å². The third-order valence-electron chi connectivity index (χ3n) is 3.08. The highest BCUT2D eigenvalue weighted by Gasteiger charge is 2.21. The van der Waals surface area contributed by atoms with Crippen molar-refractivity contribution in [3.05, 3.63) is 63.5 Å². The molecule has 0 aliphatic rings. The number of rotatable bonds is 4. The molecule has 7 heteroatoms. The molecule has 0 radical (unpaired) electrons. The van der Waals surface area contributed by atoms with E-state index in [0.29, 0.717) is 17.0 Å². The number of nitro benzene ring substituents is 1. The minimum Gasteiger partial charge on any atom is -0.497 e. The monoisotopic (exact) mass is 304 g/mol. The number of carbonyl (C=O) groups excluding carboxylic acids is 1. The molecule has 0 atom stereocenters. The van der Waals surface area contributed by atoms with Gasteiger partial charge in [-0.1, -0.05) is 0 Å². The van der Waals surface area contributed by atoms with Gasteiger partial charge in [0.1, 0.15) is 17.1 Å². The van der Waals surface area contributed by atoms with Crippen molar-refractivity contribution in [3.8, 4) is 5.75 Å². The Morgan fingerprint density at radius 1 is 1.27 bits per heavy atom. The van der Waals surface area contributed by atoms with Gasteiger partial charge < -0.3 is 10.1 Å². The summed E-state index contributed by atoms with van der Waals surface area (Å²) in [5.41, 5.74) is 0.425. The van der Waals surface area contributed by atoms with Gasteiger partial charge in [-0.2, -0.15) is 0 Å². The Hall–Kier alpha value is -2.96. The van der Waals surface area contributed by atoms with Crippen LogP contribution in [0.1, 0.15) is 15.9 Å². The number of amides is 1. The number of benzene rings is 2. The number of aryl methyl sites for hydroxylation is 1. The Morgan fingerprint density at radius 2 is 2.00 bits per heavy atom. The van der Waals surface area contributed by atoms with Gasteiger partial charge in [0.05, 0.1) is 12.0 Å². The van der Waals surface area contributed by atoms with Crippen LogP contribution in [0.2, 0.25) is 0 Å². The van der Waals surface area contributed by atoms with E-state index in [4.69, 9.17) is 4.74 Å². The zero-order valence-electron chi connectivity index (χ0n) is 11.9. The summed E-state index contributed by atoms with van der Waals surface area (Å²) in [4.78, 5) is 22.7. The van der Waals surface area contributed by atoms with Gasteiger partial charge in [0.25, 0.3) is 11.6 Å². The van der Waals surface area contributed by atoms with E-state index in [2.05, 4.69) is 5.32 Å². The van der Waals surface area contributed by atoms with Crippen LogP contribution < -0.4 is 10.1 Å². The van der Waals surface area contributed by atoms with E-state index in [1.807, 2.05) is 0 Å². The summed E-state index contributed by atoms with van der Waals surface area (Å²) >= 11 is 0. The van der Waals surface area contributed by atoms with Crippen molar-refractivity contribution in [2.45, 2.75) is 6.92 Å². The summed E-state index contributed by atoms with van der Waals surface area (Å²) in [5, 5.41) is 13.6. The normalized spacial score (nSPS) is 10.1. The van der Waals surface area contributed by atoms with E-state index in [0.717, 1.165) is 0 Å². The van der Waals surface area contributed by atoms with Crippen molar-refractivity contribution in [3.63, 3.8) is 0 Å². The summed E-state index contributed by atoms with van der Waals surface area (Å²) < 4.78 is 18.0. The molecular formula is C15H13FN2O4. The van der Waals surface area contributed by atoms with Crippen molar-refractivity contribution >= 4 is 17.3 Å². The molecule has 0 fully saturated rings. The van der Waals surface area contributed by atoms with E-state index in [1.54, 1.807) is 6.92 Å². The zero-order chi connectivity index (χ0) is 16.3. The maximum absolute atomic E-state index is 13.1. The highest BCUT2D eigenvalue weighted by molar-refractivity contribution is 6.07. The molecule has 0 aromatic heterocycles. The van der Waals surface area contributed by atoms with E-state index < -0.39 is 16.6 Å². The Morgan fingerprint density at radius 3 is 2.59 bits per heavy atom. The molecular weight excluding hydrogens is 291 g/mol. The molecule has 0 aliphatic carbocycles. The number of hydrogen-bond donors (Lipinski definition) is 1. The van der Waals surface area contributed by atoms with Crippen LogP contribution in [-0.4, -0.2) is 17.9 Å². The smallest absolute Gasteiger partial charge is 0.282 e. The van der Waals surface area contributed by atoms with Crippen molar-refractivity contribution in [1.82, 2.24) is 0 Å². The van der Waals surface area contributed by atoms with Crippen molar-refractivity contribution in [2.24, 2.45) is 0 Å². The average molecular weight is 304 g/mol. The van der Waals surface area contributed by atoms with Gasteiger partial charge in [0, 0.05) is 11.8 Å². The van der Waals surface area contributed by atoms with Gasteiger partial charge in [0.15, 0.2) is 0 Å². The topological polar surface area (TPSA) is 81.5 Å². The number of ether oxygens (including phenoxy) is 1. The van der Waals surface area contributed by atoms with Gasteiger partial charge in [0.2, 0.25) is 0 Å². The highest BCUT2D eigenvalue weighted by Crippen LogP contribution is 2.25. The van der Waals surface area contributed by atoms with Crippen molar-refractivity contribution < 1.29 is 18.8 Å². The number of nitrogens with zero attached hydrogens (tertiary/aromatic N) is 1. The van der Waals surface area contributed by atoms with Crippen LogP contribution in [0.3, 0.4) is 0 Å². The summed E-state index contributed by atoms with van der Waals surface area (Å²) in [6, 6.07) is 7.74. The van der Waals surface area contributed by atoms with E-state index >= 15 is 0 Å². The second-order valence-electron chi connectivity index (χ2n) is 4.55. The Kier molecular flexibility index (Phi) is 4.36. The third kappa shape index (κ3) is 3.20. The average Bonchev–Trinajstić information content (AvgIpc) is 2.49. The fraction of sp³-hybridized carbons (Fsp3) is 0.133. The maximum Gasteiger partial charge on any atom is 0.282 e. The SMILES string of the molecule is COc1ccc([N+](=O)[O-])c(C(=O)Nc2ccc(F)cc2C)c1. The second kappa shape index (κ2) is 6.21. The van der Waals surface area contributed by atoms with Crippen molar-refractivity contribution in [2.75, 3.05) is 12.4 Å². The molecule has 0 aliphatic heterocycles. The zero-order valence-corrected chi connectivity index (χ0v) is 11.9.